The molecule has 6 heteroatoms. The van der Waals surface area contributed by atoms with Gasteiger partial charge in [-0.05, 0) is 48.7 Å². The molecule has 5 nitrogen and oxygen atoms in total. The Balaban J connectivity index is 1.43. The van der Waals surface area contributed by atoms with Gasteiger partial charge in [-0.25, -0.2) is 0 Å². The summed E-state index contributed by atoms with van der Waals surface area (Å²) in [5.74, 6) is 0.571. The van der Waals surface area contributed by atoms with Crippen molar-refractivity contribution in [3.8, 4) is 16.9 Å². The van der Waals surface area contributed by atoms with Gasteiger partial charge in [0.05, 0.1) is 17.0 Å². The number of nitrogens with one attached hydrogen (secondary N) is 1. The number of amides is 1. The van der Waals surface area contributed by atoms with E-state index in [1.54, 1.807) is 18.4 Å². The van der Waals surface area contributed by atoms with Crippen LogP contribution in [-0.4, -0.2) is 30.1 Å². The van der Waals surface area contributed by atoms with E-state index in [-0.39, 0.29) is 23.6 Å². The molecule has 0 bridgehead atoms. The number of thiophene rings is 1. The molecule has 152 valence electrons. The van der Waals surface area contributed by atoms with E-state index in [4.69, 9.17) is 4.74 Å². The molecule has 1 atom stereocenters. The van der Waals surface area contributed by atoms with E-state index >= 15 is 0 Å². The predicted octanol–water partition coefficient (Wildman–Crippen LogP) is 4.55. The van der Waals surface area contributed by atoms with Gasteiger partial charge in [-0.15, -0.1) is 11.3 Å². The number of hydrogen-bond acceptors (Lipinski definition) is 5. The molecule has 0 radical (unpaired) electrons. The molecule has 1 N–H and O–H groups in total. The molecule has 0 saturated heterocycles. The SMILES string of the molecule is CC(=O)c1cc(C(=O)NCC2Cc3cc(-c4ccccc4C(C)=O)ccc3O2)cs1. The Hall–Kier alpha value is -3.25. The van der Waals surface area contributed by atoms with Crippen molar-refractivity contribution >= 4 is 28.8 Å². The van der Waals surface area contributed by atoms with E-state index < -0.39 is 0 Å². The highest BCUT2D eigenvalue weighted by atomic mass is 32.1. The van der Waals surface area contributed by atoms with Crippen molar-refractivity contribution < 1.29 is 19.1 Å². The topological polar surface area (TPSA) is 72.5 Å². The van der Waals surface area contributed by atoms with E-state index in [1.165, 1.54) is 18.3 Å². The third kappa shape index (κ3) is 4.04. The smallest absolute Gasteiger partial charge is 0.252 e. The number of benzene rings is 2. The van der Waals surface area contributed by atoms with E-state index in [0.29, 0.717) is 29.0 Å². The van der Waals surface area contributed by atoms with Crippen LogP contribution in [0.25, 0.3) is 11.1 Å². The molecular formula is C24H21NO4S. The lowest BCUT2D eigenvalue weighted by molar-refractivity contribution is 0.0933. The minimum Gasteiger partial charge on any atom is -0.488 e. The van der Waals surface area contributed by atoms with Gasteiger partial charge in [0, 0.05) is 17.4 Å². The molecule has 1 unspecified atom stereocenters. The lowest BCUT2D eigenvalue weighted by Crippen LogP contribution is -2.34. The van der Waals surface area contributed by atoms with Crippen molar-refractivity contribution in [3.05, 3.63) is 75.5 Å². The van der Waals surface area contributed by atoms with Crippen molar-refractivity contribution in [3.63, 3.8) is 0 Å². The molecule has 4 rings (SSSR count). The predicted molar refractivity (Wildman–Crippen MR) is 117 cm³/mol. The molecule has 0 saturated carbocycles. The monoisotopic (exact) mass is 419 g/mol. The zero-order chi connectivity index (χ0) is 21.3. The summed E-state index contributed by atoms with van der Waals surface area (Å²) in [6, 6.07) is 15.1. The fraction of sp³-hybridized carbons (Fsp3) is 0.208. The highest BCUT2D eigenvalue weighted by Gasteiger charge is 2.24. The highest BCUT2D eigenvalue weighted by molar-refractivity contribution is 7.12. The molecule has 1 aliphatic heterocycles. The first-order valence-electron chi connectivity index (χ1n) is 9.70. The summed E-state index contributed by atoms with van der Waals surface area (Å²) in [5, 5.41) is 4.57. The lowest BCUT2D eigenvalue weighted by Gasteiger charge is -2.11. The number of Topliss-reactive ketones (excluding diaryl/α,β-unsaturated/α-hetero) is 2. The summed E-state index contributed by atoms with van der Waals surface area (Å²) in [7, 11) is 0. The molecule has 3 aromatic rings. The molecule has 0 fully saturated rings. The van der Waals surface area contributed by atoms with Gasteiger partial charge in [0.2, 0.25) is 0 Å². The molecule has 1 amide bonds. The molecule has 2 heterocycles. The van der Waals surface area contributed by atoms with Crippen molar-refractivity contribution in [1.82, 2.24) is 5.32 Å². The van der Waals surface area contributed by atoms with Crippen molar-refractivity contribution in [2.45, 2.75) is 26.4 Å². The van der Waals surface area contributed by atoms with Crippen LogP contribution in [0.5, 0.6) is 5.75 Å². The minimum absolute atomic E-state index is 0.0318. The van der Waals surface area contributed by atoms with Crippen LogP contribution in [0, 0.1) is 0 Å². The average Bonchev–Trinajstić information content (AvgIpc) is 3.38. The zero-order valence-corrected chi connectivity index (χ0v) is 17.5. The maximum atomic E-state index is 12.3. The summed E-state index contributed by atoms with van der Waals surface area (Å²) in [6.07, 6.45) is 0.516. The Labute approximate surface area is 178 Å². The van der Waals surface area contributed by atoms with Gasteiger partial charge >= 0.3 is 0 Å². The second-order valence-electron chi connectivity index (χ2n) is 7.33. The third-order valence-corrected chi connectivity index (χ3v) is 6.15. The standard InChI is InChI=1S/C24H21NO4S/c1-14(26)20-5-3-4-6-21(20)16-7-8-22-17(9-16)10-19(29-22)12-25-24(28)18-11-23(15(2)27)30-13-18/h3-9,11,13,19H,10,12H2,1-2H3,(H,25,28). The third-order valence-electron chi connectivity index (χ3n) is 5.12. The number of carbonyl (C=O) groups excluding carboxylic acids is 3. The summed E-state index contributed by atoms with van der Waals surface area (Å²) >= 11 is 1.27. The summed E-state index contributed by atoms with van der Waals surface area (Å²) < 4.78 is 5.97. The van der Waals surface area contributed by atoms with E-state index in [1.807, 2.05) is 36.4 Å². The van der Waals surface area contributed by atoms with Gasteiger partial charge in [-0.2, -0.15) is 0 Å². The quantitative estimate of drug-likeness (QED) is 0.595. The van der Waals surface area contributed by atoms with Gasteiger partial charge in [0.1, 0.15) is 11.9 Å². The van der Waals surface area contributed by atoms with Gasteiger partial charge in [-0.3, -0.25) is 14.4 Å². The number of carbonyl (C=O) groups is 3. The van der Waals surface area contributed by atoms with Crippen LogP contribution < -0.4 is 10.1 Å². The van der Waals surface area contributed by atoms with Gasteiger partial charge in [0.25, 0.3) is 5.91 Å². The Bertz CT molecular complexity index is 1150. The zero-order valence-electron chi connectivity index (χ0n) is 16.7. The molecular weight excluding hydrogens is 398 g/mol. The van der Waals surface area contributed by atoms with Crippen LogP contribution in [0.15, 0.2) is 53.9 Å². The van der Waals surface area contributed by atoms with E-state index in [2.05, 4.69) is 11.4 Å². The highest BCUT2D eigenvalue weighted by Crippen LogP contribution is 2.34. The maximum Gasteiger partial charge on any atom is 0.252 e. The first-order valence-corrected chi connectivity index (χ1v) is 10.6. The lowest BCUT2D eigenvalue weighted by atomic mass is 9.95. The van der Waals surface area contributed by atoms with Gasteiger partial charge in [-0.1, -0.05) is 30.3 Å². The normalized spacial score (nSPS) is 14.7. The van der Waals surface area contributed by atoms with Gasteiger partial charge < -0.3 is 10.1 Å². The van der Waals surface area contributed by atoms with E-state index in [9.17, 15) is 14.4 Å². The molecule has 30 heavy (non-hydrogen) atoms. The summed E-state index contributed by atoms with van der Waals surface area (Å²) in [4.78, 5) is 36.3. The number of fused-ring (bicyclic) bond motifs is 1. The second-order valence-corrected chi connectivity index (χ2v) is 8.25. The molecule has 1 aromatic heterocycles. The molecule has 1 aliphatic rings. The Morgan fingerprint density at radius 1 is 1.07 bits per heavy atom. The fourth-order valence-electron chi connectivity index (χ4n) is 3.59. The van der Waals surface area contributed by atoms with Crippen molar-refractivity contribution in [2.24, 2.45) is 0 Å². The molecule has 0 aliphatic carbocycles. The number of hydrogen-bond donors (Lipinski definition) is 1. The maximum absolute atomic E-state index is 12.3. The van der Waals surface area contributed by atoms with Crippen LogP contribution in [0.4, 0.5) is 0 Å². The van der Waals surface area contributed by atoms with Crippen LogP contribution in [0.3, 0.4) is 0 Å². The second kappa shape index (κ2) is 8.24. The largest absolute Gasteiger partial charge is 0.488 e. The molecule has 2 aromatic carbocycles. The minimum atomic E-state index is -0.214. The molecule has 0 spiro atoms. The summed E-state index contributed by atoms with van der Waals surface area (Å²) in [6.45, 7) is 3.43. The Morgan fingerprint density at radius 2 is 1.87 bits per heavy atom. The Morgan fingerprint density at radius 3 is 2.60 bits per heavy atom. The van der Waals surface area contributed by atoms with Gasteiger partial charge in [0.15, 0.2) is 11.6 Å². The first kappa shape index (κ1) is 20.0. The van der Waals surface area contributed by atoms with Crippen LogP contribution in [0.1, 0.15) is 49.8 Å². The first-order chi connectivity index (χ1) is 14.4. The van der Waals surface area contributed by atoms with Crippen LogP contribution in [0.2, 0.25) is 0 Å². The van der Waals surface area contributed by atoms with Crippen LogP contribution >= 0.6 is 11.3 Å². The average molecular weight is 420 g/mol. The Kier molecular flexibility index (Phi) is 5.50. The number of rotatable bonds is 6. The summed E-state index contributed by atoms with van der Waals surface area (Å²) in [5.41, 5.74) is 4.12. The number of ether oxygens (including phenoxy) is 1. The van der Waals surface area contributed by atoms with Crippen LogP contribution in [-0.2, 0) is 6.42 Å². The van der Waals surface area contributed by atoms with Crippen molar-refractivity contribution in [2.75, 3.05) is 6.54 Å². The van der Waals surface area contributed by atoms with E-state index in [0.717, 1.165) is 22.4 Å². The fourth-order valence-corrected chi connectivity index (χ4v) is 4.38. The van der Waals surface area contributed by atoms with Crippen molar-refractivity contribution in [1.29, 1.82) is 0 Å². The number of ketones is 2.